The van der Waals surface area contributed by atoms with Crippen LogP contribution in [0.5, 0.6) is 0 Å². The van der Waals surface area contributed by atoms with Crippen molar-refractivity contribution in [3.63, 3.8) is 0 Å². The quantitative estimate of drug-likeness (QED) is 0.468. The number of pyridine rings is 1. The monoisotopic (exact) mass is 364 g/mol. The van der Waals surface area contributed by atoms with Crippen molar-refractivity contribution in [3.05, 3.63) is 37.2 Å². The molecule has 1 saturated carbocycles. The van der Waals surface area contributed by atoms with E-state index in [1.54, 1.807) is 10.8 Å². The van der Waals surface area contributed by atoms with Crippen LogP contribution in [-0.4, -0.2) is 14.8 Å². The summed E-state index contributed by atoms with van der Waals surface area (Å²) in [6, 6.07) is 0. The molecule has 7 heteroatoms. The van der Waals surface area contributed by atoms with E-state index in [0.29, 0.717) is 6.54 Å². The Labute approximate surface area is 114 Å². The molecule has 0 aliphatic heterocycles. The van der Waals surface area contributed by atoms with Crippen molar-refractivity contribution in [3.8, 4) is 0 Å². The van der Waals surface area contributed by atoms with Gasteiger partial charge in [-0.2, -0.15) is 0 Å². The number of alkyl halides is 1. The van der Waals surface area contributed by atoms with Crippen molar-refractivity contribution in [2.45, 2.75) is 19.4 Å². The Kier molecular flexibility index (Phi) is 3.40. The van der Waals surface area contributed by atoms with E-state index in [9.17, 15) is 14.9 Å². The fourth-order valence-electron chi connectivity index (χ4n) is 1.70. The maximum atomic E-state index is 11.5. The zero-order valence-corrected chi connectivity index (χ0v) is 12.0. The Morgan fingerprint density at radius 1 is 1.47 bits per heavy atom. The summed E-state index contributed by atoms with van der Waals surface area (Å²) < 4.78 is 1.95. The number of nitro groups is 1. The average molecular weight is 366 g/mol. The molecule has 2 rings (SSSR count). The van der Waals surface area contributed by atoms with Crippen LogP contribution in [-0.2, 0) is 6.54 Å². The highest BCUT2D eigenvalue weighted by Crippen LogP contribution is 2.48. The van der Waals surface area contributed by atoms with Gasteiger partial charge in [0.05, 0.1) is 15.6 Å². The zero-order valence-electron chi connectivity index (χ0n) is 8.86. The highest BCUT2D eigenvalue weighted by Gasteiger charge is 2.41. The van der Waals surface area contributed by atoms with Gasteiger partial charge < -0.3 is 4.57 Å². The standard InChI is InChI=1S/C10H10Br2N2O3/c11-5-10(1-2-10)6-13-3-7(12)9(15)8(4-13)14(16)17/h3-4H,1-2,5-6H2. The van der Waals surface area contributed by atoms with Gasteiger partial charge in [-0.3, -0.25) is 14.9 Å². The molecule has 0 amide bonds. The van der Waals surface area contributed by atoms with Crippen LogP contribution in [0.1, 0.15) is 12.8 Å². The van der Waals surface area contributed by atoms with Gasteiger partial charge in [0.1, 0.15) is 0 Å². The second kappa shape index (κ2) is 4.53. The largest absolute Gasteiger partial charge is 0.346 e. The van der Waals surface area contributed by atoms with Crippen molar-refractivity contribution in [2.75, 3.05) is 5.33 Å². The van der Waals surface area contributed by atoms with Gasteiger partial charge in [-0.1, -0.05) is 15.9 Å². The summed E-state index contributed by atoms with van der Waals surface area (Å²) in [5.74, 6) is 0. The Bertz CT molecular complexity index is 523. The molecule has 1 aliphatic rings. The lowest BCUT2D eigenvalue weighted by molar-refractivity contribution is -0.386. The van der Waals surface area contributed by atoms with Crippen LogP contribution in [0.25, 0.3) is 0 Å². The van der Waals surface area contributed by atoms with Gasteiger partial charge in [0.15, 0.2) is 0 Å². The molecule has 1 aromatic rings. The van der Waals surface area contributed by atoms with Crippen LogP contribution >= 0.6 is 31.9 Å². The molecule has 0 aromatic carbocycles. The van der Waals surface area contributed by atoms with Gasteiger partial charge >= 0.3 is 5.69 Å². The third kappa shape index (κ3) is 2.60. The highest BCUT2D eigenvalue weighted by molar-refractivity contribution is 9.10. The van der Waals surface area contributed by atoms with Crippen molar-refractivity contribution < 1.29 is 4.92 Å². The Morgan fingerprint density at radius 3 is 2.59 bits per heavy atom. The molecule has 1 aliphatic carbocycles. The van der Waals surface area contributed by atoms with E-state index >= 15 is 0 Å². The van der Waals surface area contributed by atoms with Crippen LogP contribution in [0.4, 0.5) is 5.69 Å². The molecular formula is C10H10Br2N2O3. The lowest BCUT2D eigenvalue weighted by Gasteiger charge is -2.14. The molecule has 0 spiro atoms. The van der Waals surface area contributed by atoms with Crippen LogP contribution in [0.2, 0.25) is 0 Å². The molecule has 1 aromatic heterocycles. The first-order valence-corrected chi connectivity index (χ1v) is 6.99. The molecule has 0 radical (unpaired) electrons. The molecule has 5 nitrogen and oxygen atoms in total. The molecule has 1 fully saturated rings. The predicted octanol–water partition coefficient (Wildman–Crippen LogP) is 2.69. The molecule has 1 heterocycles. The molecular weight excluding hydrogens is 356 g/mol. The summed E-state index contributed by atoms with van der Waals surface area (Å²) in [6.45, 7) is 0.692. The van der Waals surface area contributed by atoms with E-state index in [4.69, 9.17) is 0 Å². The highest BCUT2D eigenvalue weighted by atomic mass is 79.9. The summed E-state index contributed by atoms with van der Waals surface area (Å²) in [5.41, 5.74) is -0.762. The summed E-state index contributed by atoms with van der Waals surface area (Å²) in [6.07, 6.45) is 5.14. The number of aromatic nitrogens is 1. The first-order valence-electron chi connectivity index (χ1n) is 5.07. The number of halogens is 2. The summed E-state index contributed by atoms with van der Waals surface area (Å²) in [4.78, 5) is 21.6. The van der Waals surface area contributed by atoms with Crippen LogP contribution in [0, 0.1) is 15.5 Å². The van der Waals surface area contributed by atoms with Gasteiger partial charge in [-0.25, -0.2) is 0 Å². The molecule has 0 atom stereocenters. The van der Waals surface area contributed by atoms with Crippen LogP contribution in [0.15, 0.2) is 21.7 Å². The molecule has 0 N–H and O–H groups in total. The smallest absolute Gasteiger partial charge is 0.333 e. The van der Waals surface area contributed by atoms with Crippen LogP contribution in [0.3, 0.4) is 0 Å². The fraction of sp³-hybridized carbons (Fsp3) is 0.500. The summed E-state index contributed by atoms with van der Waals surface area (Å²) in [5, 5.41) is 11.6. The lowest BCUT2D eigenvalue weighted by atomic mass is 10.1. The van der Waals surface area contributed by atoms with Crippen LogP contribution < -0.4 is 5.43 Å². The number of hydrogen-bond donors (Lipinski definition) is 0. The predicted molar refractivity (Wildman–Crippen MR) is 70.5 cm³/mol. The van der Waals surface area contributed by atoms with Gasteiger partial charge in [-0.15, -0.1) is 0 Å². The lowest BCUT2D eigenvalue weighted by Crippen LogP contribution is -2.18. The number of nitrogens with zero attached hydrogens (tertiary/aromatic N) is 2. The SMILES string of the molecule is O=c1c(Br)cn(CC2(CBr)CC2)cc1[N+](=O)[O-]. The zero-order chi connectivity index (χ0) is 12.6. The Hall–Kier alpha value is -0.690. The molecule has 0 bridgehead atoms. The third-order valence-corrected chi connectivity index (χ3v) is 4.73. The minimum atomic E-state index is -0.642. The van der Waals surface area contributed by atoms with E-state index < -0.39 is 10.4 Å². The first-order chi connectivity index (χ1) is 7.97. The first kappa shape index (κ1) is 12.8. The minimum absolute atomic E-state index is 0.197. The van der Waals surface area contributed by atoms with E-state index in [2.05, 4.69) is 31.9 Å². The summed E-state index contributed by atoms with van der Waals surface area (Å²) in [7, 11) is 0. The van der Waals surface area contributed by atoms with E-state index in [0.717, 1.165) is 18.2 Å². The normalized spacial score (nSPS) is 16.8. The molecule has 0 saturated heterocycles. The minimum Gasteiger partial charge on any atom is -0.346 e. The average Bonchev–Trinajstić information content (AvgIpc) is 3.03. The molecule has 0 unspecified atom stereocenters. The second-order valence-electron chi connectivity index (χ2n) is 4.38. The maximum absolute atomic E-state index is 11.5. The van der Waals surface area contributed by atoms with Gasteiger partial charge in [0.2, 0.25) is 0 Å². The number of hydrogen-bond acceptors (Lipinski definition) is 3. The topological polar surface area (TPSA) is 65.1 Å². The van der Waals surface area contributed by atoms with Gasteiger partial charge in [0.25, 0.3) is 5.43 Å². The van der Waals surface area contributed by atoms with Crippen molar-refractivity contribution in [1.29, 1.82) is 0 Å². The molecule has 17 heavy (non-hydrogen) atoms. The van der Waals surface area contributed by atoms with Gasteiger partial charge in [-0.05, 0) is 34.2 Å². The van der Waals surface area contributed by atoms with E-state index in [1.807, 2.05) is 0 Å². The van der Waals surface area contributed by atoms with Crippen molar-refractivity contribution in [1.82, 2.24) is 4.57 Å². The van der Waals surface area contributed by atoms with E-state index in [1.165, 1.54) is 6.20 Å². The Balaban J connectivity index is 2.36. The van der Waals surface area contributed by atoms with Crippen molar-refractivity contribution >= 4 is 37.5 Å². The summed E-state index contributed by atoms with van der Waals surface area (Å²) >= 11 is 6.52. The van der Waals surface area contributed by atoms with Crippen molar-refractivity contribution in [2.24, 2.45) is 5.41 Å². The fourth-order valence-corrected chi connectivity index (χ4v) is 2.90. The molecule has 92 valence electrons. The Morgan fingerprint density at radius 2 is 2.12 bits per heavy atom. The van der Waals surface area contributed by atoms with E-state index in [-0.39, 0.29) is 15.6 Å². The third-order valence-electron chi connectivity index (χ3n) is 2.97. The number of rotatable bonds is 4. The maximum Gasteiger partial charge on any atom is 0.333 e. The van der Waals surface area contributed by atoms with Gasteiger partial charge in [0, 0.05) is 18.1 Å². The second-order valence-corrected chi connectivity index (χ2v) is 5.80.